The summed E-state index contributed by atoms with van der Waals surface area (Å²) < 4.78 is 22.6. The average molecular weight is 399 g/mol. The molecule has 0 fully saturated rings. The van der Waals surface area contributed by atoms with Gasteiger partial charge in [-0.2, -0.15) is 0 Å². The highest BCUT2D eigenvalue weighted by Gasteiger charge is 2.24. The minimum absolute atomic E-state index is 0.264. The molecule has 27 heavy (non-hydrogen) atoms. The predicted molar refractivity (Wildman–Crippen MR) is 113 cm³/mol. The number of aryl methyl sites for hydroxylation is 1. The average Bonchev–Trinajstić information content (AvgIpc) is 2.66. The number of hydrogen-bond donors (Lipinski definition) is 1. The zero-order valence-electron chi connectivity index (χ0n) is 17.5. The third-order valence-corrected chi connectivity index (χ3v) is 5.90. The Morgan fingerprint density at radius 1 is 0.926 bits per heavy atom. The summed E-state index contributed by atoms with van der Waals surface area (Å²) in [4.78, 5) is 9.96. The Hall–Kier alpha value is -0.830. The van der Waals surface area contributed by atoms with Gasteiger partial charge in [-0.25, -0.2) is 4.57 Å². The van der Waals surface area contributed by atoms with Crippen LogP contribution in [-0.2, 0) is 15.5 Å². The lowest BCUT2D eigenvalue weighted by Crippen LogP contribution is -2.09. The number of phosphoric ester groups is 1. The summed E-state index contributed by atoms with van der Waals surface area (Å²) in [7, 11) is -4.07. The van der Waals surface area contributed by atoms with E-state index in [1.807, 2.05) is 12.1 Å². The van der Waals surface area contributed by atoms with Crippen LogP contribution >= 0.6 is 7.82 Å². The molecule has 1 aromatic carbocycles. The van der Waals surface area contributed by atoms with Crippen molar-refractivity contribution < 1.29 is 18.5 Å². The molecule has 5 heteroatoms. The maximum atomic E-state index is 12.2. The van der Waals surface area contributed by atoms with Crippen LogP contribution in [0.15, 0.2) is 24.3 Å². The summed E-state index contributed by atoms with van der Waals surface area (Å²) in [6.07, 6.45) is 12.9. The molecule has 2 unspecified atom stereocenters. The number of phosphoric acid groups is 1. The lowest BCUT2D eigenvalue weighted by molar-refractivity contribution is 0.166. The van der Waals surface area contributed by atoms with Crippen molar-refractivity contribution in [1.82, 2.24) is 0 Å². The summed E-state index contributed by atoms with van der Waals surface area (Å²) in [5.41, 5.74) is 1.23. The fourth-order valence-corrected chi connectivity index (χ4v) is 3.92. The number of rotatable bonds is 16. The monoisotopic (exact) mass is 398 g/mol. The molecular formula is C22H39O4P. The van der Waals surface area contributed by atoms with Gasteiger partial charge < -0.3 is 4.52 Å². The predicted octanol–water partition coefficient (Wildman–Crippen LogP) is 7.30. The summed E-state index contributed by atoms with van der Waals surface area (Å²) in [6.45, 7) is 6.72. The summed E-state index contributed by atoms with van der Waals surface area (Å²) in [5, 5.41) is 0. The Balaban J connectivity index is 2.36. The van der Waals surface area contributed by atoms with Crippen molar-refractivity contribution in [2.24, 2.45) is 5.92 Å². The fourth-order valence-electron chi connectivity index (χ4n) is 3.08. The molecule has 0 radical (unpaired) electrons. The summed E-state index contributed by atoms with van der Waals surface area (Å²) >= 11 is 0. The minimum atomic E-state index is -4.07. The molecule has 0 spiro atoms. The smallest absolute Gasteiger partial charge is 0.404 e. The van der Waals surface area contributed by atoms with Crippen molar-refractivity contribution >= 4 is 7.82 Å². The SMILES string of the molecule is CCCCCCCCc1ccc(OP(=O)(O)OCC(CC)CCCC)cc1. The molecule has 0 bridgehead atoms. The molecule has 0 aliphatic carbocycles. The highest BCUT2D eigenvalue weighted by atomic mass is 31.2. The molecule has 0 saturated carbocycles. The first-order valence-corrected chi connectivity index (χ1v) is 12.3. The van der Waals surface area contributed by atoms with E-state index in [1.54, 1.807) is 12.1 Å². The molecule has 0 heterocycles. The van der Waals surface area contributed by atoms with Crippen LogP contribution in [0.4, 0.5) is 0 Å². The second-order valence-corrected chi connectivity index (χ2v) is 8.81. The largest absolute Gasteiger partial charge is 0.527 e. The third kappa shape index (κ3) is 11.6. The van der Waals surface area contributed by atoms with Crippen LogP contribution in [0, 0.1) is 5.92 Å². The van der Waals surface area contributed by atoms with Crippen molar-refractivity contribution in [3.8, 4) is 5.75 Å². The van der Waals surface area contributed by atoms with E-state index < -0.39 is 7.82 Å². The molecule has 2 atom stereocenters. The molecule has 4 nitrogen and oxygen atoms in total. The van der Waals surface area contributed by atoms with Crippen molar-refractivity contribution in [2.45, 2.75) is 91.4 Å². The van der Waals surface area contributed by atoms with Crippen LogP contribution in [0.5, 0.6) is 5.75 Å². The summed E-state index contributed by atoms with van der Waals surface area (Å²) in [6, 6.07) is 7.45. The molecule has 156 valence electrons. The van der Waals surface area contributed by atoms with Crippen LogP contribution in [0.1, 0.15) is 90.5 Å². The van der Waals surface area contributed by atoms with Crippen LogP contribution in [0.3, 0.4) is 0 Å². The van der Waals surface area contributed by atoms with Crippen LogP contribution < -0.4 is 4.52 Å². The van der Waals surface area contributed by atoms with Gasteiger partial charge in [-0.3, -0.25) is 9.42 Å². The van der Waals surface area contributed by atoms with Gasteiger partial charge in [0.15, 0.2) is 0 Å². The molecule has 0 saturated heterocycles. The highest BCUT2D eigenvalue weighted by Crippen LogP contribution is 2.44. The second kappa shape index (κ2) is 14.2. The fraction of sp³-hybridized carbons (Fsp3) is 0.727. The molecule has 1 rings (SSSR count). The molecule has 0 aliphatic rings. The third-order valence-electron chi connectivity index (χ3n) is 4.98. The van der Waals surface area contributed by atoms with Gasteiger partial charge in [-0.05, 0) is 42.9 Å². The maximum Gasteiger partial charge on any atom is 0.527 e. The highest BCUT2D eigenvalue weighted by molar-refractivity contribution is 7.47. The van der Waals surface area contributed by atoms with Gasteiger partial charge in [0.1, 0.15) is 5.75 Å². The Bertz CT molecular complexity index is 530. The van der Waals surface area contributed by atoms with E-state index in [9.17, 15) is 9.46 Å². The lowest BCUT2D eigenvalue weighted by Gasteiger charge is -2.18. The zero-order chi connectivity index (χ0) is 20.0. The van der Waals surface area contributed by atoms with Crippen molar-refractivity contribution in [2.75, 3.05) is 6.61 Å². The van der Waals surface area contributed by atoms with Gasteiger partial charge in [0.05, 0.1) is 6.61 Å². The number of hydrogen-bond acceptors (Lipinski definition) is 3. The van der Waals surface area contributed by atoms with Crippen LogP contribution in [0.25, 0.3) is 0 Å². The Morgan fingerprint density at radius 2 is 1.56 bits per heavy atom. The molecule has 1 N–H and O–H groups in total. The Labute approximate surface area is 166 Å². The first-order valence-electron chi connectivity index (χ1n) is 10.8. The first kappa shape index (κ1) is 24.2. The number of unbranched alkanes of at least 4 members (excludes halogenated alkanes) is 6. The van der Waals surface area contributed by atoms with E-state index in [0.29, 0.717) is 11.7 Å². The standard InChI is InChI=1S/C22H39O4P/c1-4-7-9-10-11-12-14-21-15-17-22(18-16-21)26-27(23,24)25-19-20(6-3)13-8-5-2/h15-18,20H,4-14,19H2,1-3H3,(H,23,24). The molecule has 1 aromatic rings. The Morgan fingerprint density at radius 3 is 2.19 bits per heavy atom. The normalized spacial score (nSPS) is 14.7. The van der Waals surface area contributed by atoms with E-state index in [4.69, 9.17) is 9.05 Å². The van der Waals surface area contributed by atoms with Gasteiger partial charge >= 0.3 is 7.82 Å². The van der Waals surface area contributed by atoms with Crippen molar-refractivity contribution in [3.63, 3.8) is 0 Å². The van der Waals surface area contributed by atoms with E-state index >= 15 is 0 Å². The molecule has 0 aliphatic heterocycles. The van der Waals surface area contributed by atoms with Crippen molar-refractivity contribution in [1.29, 1.82) is 0 Å². The van der Waals surface area contributed by atoms with Crippen LogP contribution in [0.2, 0.25) is 0 Å². The van der Waals surface area contributed by atoms with Gasteiger partial charge in [-0.1, -0.05) is 84.3 Å². The van der Waals surface area contributed by atoms with Gasteiger partial charge in [-0.15, -0.1) is 0 Å². The van der Waals surface area contributed by atoms with Gasteiger partial charge in [0, 0.05) is 0 Å². The number of benzene rings is 1. The van der Waals surface area contributed by atoms with Crippen molar-refractivity contribution in [3.05, 3.63) is 29.8 Å². The van der Waals surface area contributed by atoms with Gasteiger partial charge in [0.25, 0.3) is 0 Å². The van der Waals surface area contributed by atoms with E-state index in [1.165, 1.54) is 44.1 Å². The molecular weight excluding hydrogens is 359 g/mol. The first-order chi connectivity index (χ1) is 13.0. The second-order valence-electron chi connectivity index (χ2n) is 7.43. The minimum Gasteiger partial charge on any atom is -0.404 e. The Kier molecular flexibility index (Phi) is 12.7. The summed E-state index contributed by atoms with van der Waals surface area (Å²) in [5.74, 6) is 0.683. The lowest BCUT2D eigenvalue weighted by atomic mass is 10.0. The van der Waals surface area contributed by atoms with E-state index in [2.05, 4.69) is 20.8 Å². The molecule has 0 aromatic heterocycles. The zero-order valence-corrected chi connectivity index (χ0v) is 18.4. The van der Waals surface area contributed by atoms with Crippen LogP contribution in [-0.4, -0.2) is 11.5 Å². The van der Waals surface area contributed by atoms with Gasteiger partial charge in [0.2, 0.25) is 0 Å². The maximum absolute atomic E-state index is 12.2. The van der Waals surface area contributed by atoms with E-state index in [0.717, 1.165) is 32.1 Å². The topological polar surface area (TPSA) is 55.8 Å². The molecule has 0 amide bonds. The van der Waals surface area contributed by atoms with E-state index in [-0.39, 0.29) is 6.61 Å². The quantitative estimate of drug-likeness (QED) is 0.234.